The molecular weight excluding hydrogens is 829 g/mol. The fourth-order valence-electron chi connectivity index (χ4n) is 11.9. The molecule has 15 aromatic rings. The third kappa shape index (κ3) is 4.65. The number of nitrogens with zero attached hydrogens (tertiary/aromatic N) is 6. The van der Waals surface area contributed by atoms with Gasteiger partial charge in [0, 0.05) is 60.0 Å². The van der Waals surface area contributed by atoms with Crippen molar-refractivity contribution in [3.05, 3.63) is 218 Å². The maximum Gasteiger partial charge on any atom is 0.237 e. The highest BCUT2D eigenvalue weighted by Gasteiger charge is 2.31. The predicted molar refractivity (Wildman–Crippen MR) is 281 cm³/mol. The van der Waals surface area contributed by atoms with E-state index in [0.29, 0.717) is 5.95 Å². The van der Waals surface area contributed by atoms with E-state index in [4.69, 9.17) is 9.97 Å². The Kier molecular flexibility index (Phi) is 6.98. The minimum Gasteiger partial charge on any atom is -0.309 e. The summed E-state index contributed by atoms with van der Waals surface area (Å²) in [5, 5.41) is 12.0. The zero-order valence-electron chi connectivity index (χ0n) is 36.5. The van der Waals surface area contributed by atoms with Gasteiger partial charge >= 0.3 is 0 Å². The summed E-state index contributed by atoms with van der Waals surface area (Å²) in [6.07, 6.45) is 0. The van der Waals surface area contributed by atoms with Gasteiger partial charge in [0.2, 0.25) is 5.95 Å². The van der Waals surface area contributed by atoms with Crippen LogP contribution in [0.15, 0.2) is 218 Å². The Balaban J connectivity index is 1.03. The molecule has 0 amide bonds. The quantitative estimate of drug-likeness (QED) is 0.177. The summed E-state index contributed by atoms with van der Waals surface area (Å²) in [6, 6.07) is 79.4. The summed E-state index contributed by atoms with van der Waals surface area (Å²) in [4.78, 5) is 11.6. The Morgan fingerprint density at radius 3 is 1.13 bits per heavy atom. The molecule has 0 aliphatic heterocycles. The van der Waals surface area contributed by atoms with Crippen LogP contribution >= 0.6 is 0 Å². The lowest BCUT2D eigenvalue weighted by molar-refractivity contribution is 0.956. The summed E-state index contributed by atoms with van der Waals surface area (Å²) < 4.78 is 9.51. The molecule has 1 aliphatic rings. The van der Waals surface area contributed by atoms with E-state index < -0.39 is 0 Å². The highest BCUT2D eigenvalue weighted by atomic mass is 15.2. The van der Waals surface area contributed by atoms with Crippen molar-refractivity contribution in [3.8, 4) is 45.5 Å². The van der Waals surface area contributed by atoms with Crippen molar-refractivity contribution in [2.75, 3.05) is 0 Å². The topological polar surface area (TPSA) is 45.5 Å². The van der Waals surface area contributed by atoms with Crippen LogP contribution in [0.1, 0.15) is 0 Å². The van der Waals surface area contributed by atoms with E-state index in [2.05, 4.69) is 237 Å². The molecule has 0 saturated heterocycles. The van der Waals surface area contributed by atoms with Crippen LogP contribution in [-0.4, -0.2) is 28.2 Å². The van der Waals surface area contributed by atoms with Gasteiger partial charge in [0.25, 0.3) is 0 Å². The standard InChI is InChI=1S/C62H36N6/c1-7-25-50-40(17-1)41-18-2-8-26-51(41)65(50)38-31-33-46-44-21-5-11-29-54(44)67(56(46)35-38)61-59-48-23-13-15-37-16-14-24-49(58(37)48)60(59)63-62(64-61)68-55-30-12-6-22-45(55)47-34-32-39(36-57(47)68)66-52-27-9-3-19-42(52)43-20-4-10-28-53(43)66/h1-36H. The lowest BCUT2D eigenvalue weighted by Crippen LogP contribution is -2.09. The van der Waals surface area contributed by atoms with Crippen LogP contribution in [0.2, 0.25) is 0 Å². The monoisotopic (exact) mass is 864 g/mol. The minimum atomic E-state index is 0.624. The molecule has 5 heterocycles. The van der Waals surface area contributed by atoms with E-state index in [-0.39, 0.29) is 0 Å². The second-order valence-corrected chi connectivity index (χ2v) is 18.1. The summed E-state index contributed by atoms with van der Waals surface area (Å²) in [6.45, 7) is 0. The smallest absolute Gasteiger partial charge is 0.237 e. The highest BCUT2D eigenvalue weighted by Crippen LogP contribution is 2.50. The zero-order chi connectivity index (χ0) is 44.2. The van der Waals surface area contributed by atoms with E-state index in [1.54, 1.807) is 0 Å². The average molecular weight is 865 g/mol. The molecule has 0 fully saturated rings. The third-order valence-electron chi connectivity index (χ3n) is 14.7. The molecule has 6 nitrogen and oxygen atoms in total. The van der Waals surface area contributed by atoms with Crippen LogP contribution in [0.25, 0.3) is 144 Å². The lowest BCUT2D eigenvalue weighted by Gasteiger charge is -2.17. The van der Waals surface area contributed by atoms with Gasteiger partial charge in [-0.1, -0.05) is 158 Å². The Labute approximate surface area is 388 Å². The minimum absolute atomic E-state index is 0.624. The summed E-state index contributed by atoms with van der Waals surface area (Å²) in [5.74, 6) is 1.47. The van der Waals surface area contributed by atoms with E-state index in [1.165, 1.54) is 65.2 Å². The van der Waals surface area contributed by atoms with Crippen molar-refractivity contribution < 1.29 is 0 Å². The Morgan fingerprint density at radius 2 is 0.662 bits per heavy atom. The molecular formula is C62H36N6. The van der Waals surface area contributed by atoms with E-state index >= 15 is 0 Å². The van der Waals surface area contributed by atoms with Gasteiger partial charge in [-0.05, 0) is 77.0 Å². The second kappa shape index (κ2) is 13.2. The number of rotatable bonds is 4. The van der Waals surface area contributed by atoms with E-state index in [9.17, 15) is 0 Å². The van der Waals surface area contributed by atoms with Crippen molar-refractivity contribution in [1.82, 2.24) is 28.2 Å². The van der Waals surface area contributed by atoms with Gasteiger partial charge in [0.1, 0.15) is 0 Å². The van der Waals surface area contributed by atoms with E-state index in [0.717, 1.165) is 72.4 Å². The van der Waals surface area contributed by atoms with Gasteiger partial charge in [-0.25, -0.2) is 4.98 Å². The predicted octanol–water partition coefficient (Wildman–Crippen LogP) is 15.7. The van der Waals surface area contributed by atoms with Gasteiger partial charge < -0.3 is 9.13 Å². The number of hydrogen-bond acceptors (Lipinski definition) is 2. The first-order valence-electron chi connectivity index (χ1n) is 23.3. The molecule has 314 valence electrons. The van der Waals surface area contributed by atoms with Gasteiger partial charge in [0.15, 0.2) is 5.82 Å². The Hall–Kier alpha value is -9.26. The molecule has 0 radical (unpaired) electrons. The number of fused-ring (bicyclic) bond motifs is 15. The van der Waals surface area contributed by atoms with Crippen LogP contribution in [-0.2, 0) is 0 Å². The number of benzene rings is 10. The first-order valence-corrected chi connectivity index (χ1v) is 23.3. The fourth-order valence-corrected chi connectivity index (χ4v) is 11.9. The van der Waals surface area contributed by atoms with Crippen molar-refractivity contribution in [3.63, 3.8) is 0 Å². The van der Waals surface area contributed by atoms with Crippen LogP contribution in [0, 0.1) is 0 Å². The first-order chi connectivity index (χ1) is 33.8. The molecule has 0 unspecified atom stereocenters. The van der Waals surface area contributed by atoms with Crippen molar-refractivity contribution in [1.29, 1.82) is 0 Å². The molecule has 0 saturated carbocycles. The average Bonchev–Trinajstić information content (AvgIpc) is 4.19. The Bertz CT molecular complexity index is 4580. The van der Waals surface area contributed by atoms with Gasteiger partial charge in [-0.3, -0.25) is 9.13 Å². The van der Waals surface area contributed by atoms with Crippen LogP contribution in [0.3, 0.4) is 0 Å². The maximum atomic E-state index is 5.89. The maximum absolute atomic E-state index is 5.89. The summed E-state index contributed by atoms with van der Waals surface area (Å²) >= 11 is 0. The van der Waals surface area contributed by atoms with Crippen LogP contribution in [0.4, 0.5) is 0 Å². The molecule has 0 bridgehead atoms. The van der Waals surface area contributed by atoms with Gasteiger partial charge in [-0.2, -0.15) is 4.98 Å². The van der Waals surface area contributed by atoms with Crippen LogP contribution < -0.4 is 0 Å². The van der Waals surface area contributed by atoms with Crippen molar-refractivity contribution >= 4 is 98.0 Å². The number of aromatic nitrogens is 6. The zero-order valence-corrected chi connectivity index (χ0v) is 36.5. The van der Waals surface area contributed by atoms with E-state index in [1.807, 2.05) is 0 Å². The molecule has 0 spiro atoms. The number of para-hydroxylation sites is 6. The highest BCUT2D eigenvalue weighted by molar-refractivity contribution is 6.18. The molecule has 0 N–H and O–H groups in total. The molecule has 68 heavy (non-hydrogen) atoms. The molecule has 0 atom stereocenters. The fraction of sp³-hybridized carbons (Fsp3) is 0. The van der Waals surface area contributed by atoms with Gasteiger partial charge in [0.05, 0.1) is 55.4 Å². The summed E-state index contributed by atoms with van der Waals surface area (Å²) in [7, 11) is 0. The largest absolute Gasteiger partial charge is 0.309 e. The second-order valence-electron chi connectivity index (χ2n) is 18.1. The normalized spacial score (nSPS) is 12.4. The first kappa shape index (κ1) is 36.0. The molecule has 10 aromatic carbocycles. The third-order valence-corrected chi connectivity index (χ3v) is 14.7. The van der Waals surface area contributed by atoms with Crippen LogP contribution in [0.5, 0.6) is 0 Å². The SMILES string of the molecule is c1cc2c3c(cccc3c1)-c1c-2nc(-n2c3ccccc3c3ccc(-n4c5ccccc5c5ccccc54)cc32)nc1-n1c2ccccc2c2ccc(-n3c4ccccc4c4ccccc43)cc21. The summed E-state index contributed by atoms with van der Waals surface area (Å²) in [5.41, 5.74) is 15.4. The molecule has 16 rings (SSSR count). The lowest BCUT2D eigenvalue weighted by atomic mass is 10.0. The number of hydrogen-bond donors (Lipinski definition) is 0. The Morgan fingerprint density at radius 1 is 0.279 bits per heavy atom. The van der Waals surface area contributed by atoms with Crippen molar-refractivity contribution in [2.24, 2.45) is 0 Å². The molecule has 6 heteroatoms. The molecule has 1 aliphatic carbocycles. The van der Waals surface area contributed by atoms with Gasteiger partial charge in [-0.15, -0.1) is 0 Å². The molecule has 5 aromatic heterocycles. The van der Waals surface area contributed by atoms with Crippen molar-refractivity contribution in [2.45, 2.75) is 0 Å².